The Balaban J connectivity index is 1.76. The Morgan fingerprint density at radius 1 is 1.33 bits per heavy atom. The minimum absolute atomic E-state index is 0.120. The molecule has 0 N–H and O–H groups in total. The third-order valence-electron chi connectivity index (χ3n) is 3.73. The summed E-state index contributed by atoms with van der Waals surface area (Å²) in [6.45, 7) is 4.13. The molecule has 0 bridgehead atoms. The third-order valence-corrected chi connectivity index (χ3v) is 3.73. The van der Waals surface area contributed by atoms with Gasteiger partial charge in [-0.05, 0) is 56.0 Å². The van der Waals surface area contributed by atoms with Gasteiger partial charge >= 0.3 is 0 Å². The van der Waals surface area contributed by atoms with Crippen LogP contribution in [-0.2, 0) is 11.2 Å². The molecule has 0 unspecified atom stereocenters. The summed E-state index contributed by atoms with van der Waals surface area (Å²) in [5.74, 6) is 0.579. The van der Waals surface area contributed by atoms with E-state index in [4.69, 9.17) is 4.74 Å². The SMILES string of the molecule is COCCN1CCC(Cc2cccc(F)c2)CC1. The van der Waals surface area contributed by atoms with Gasteiger partial charge in [0.05, 0.1) is 6.61 Å². The second kappa shape index (κ2) is 6.86. The number of ether oxygens (including phenoxy) is 1. The predicted molar refractivity (Wildman–Crippen MR) is 71.1 cm³/mol. The fourth-order valence-corrected chi connectivity index (χ4v) is 2.63. The number of nitrogens with zero attached hydrogens (tertiary/aromatic N) is 1. The van der Waals surface area contributed by atoms with Crippen molar-refractivity contribution >= 4 is 0 Å². The third kappa shape index (κ3) is 4.07. The van der Waals surface area contributed by atoms with Crippen LogP contribution in [0.5, 0.6) is 0 Å². The average molecular weight is 251 g/mol. The Bertz CT molecular complexity index is 361. The first-order valence-electron chi connectivity index (χ1n) is 6.73. The van der Waals surface area contributed by atoms with Crippen LogP contribution in [0.15, 0.2) is 24.3 Å². The highest BCUT2D eigenvalue weighted by Crippen LogP contribution is 2.21. The number of rotatable bonds is 5. The van der Waals surface area contributed by atoms with Crippen LogP contribution >= 0.6 is 0 Å². The first kappa shape index (κ1) is 13.5. The van der Waals surface area contributed by atoms with Crippen molar-refractivity contribution in [1.29, 1.82) is 0 Å². The summed E-state index contributed by atoms with van der Waals surface area (Å²) in [7, 11) is 1.75. The predicted octanol–water partition coefficient (Wildman–Crippen LogP) is 2.73. The lowest BCUT2D eigenvalue weighted by molar-refractivity contribution is 0.120. The smallest absolute Gasteiger partial charge is 0.123 e. The van der Waals surface area contributed by atoms with Gasteiger partial charge in [-0.1, -0.05) is 12.1 Å². The van der Waals surface area contributed by atoms with Gasteiger partial charge < -0.3 is 9.64 Å². The van der Waals surface area contributed by atoms with Crippen molar-refractivity contribution in [3.63, 3.8) is 0 Å². The maximum absolute atomic E-state index is 13.1. The Kier molecular flexibility index (Phi) is 5.14. The van der Waals surface area contributed by atoms with Crippen LogP contribution in [0.2, 0.25) is 0 Å². The van der Waals surface area contributed by atoms with Crippen molar-refractivity contribution in [2.45, 2.75) is 19.3 Å². The number of halogens is 1. The molecule has 0 radical (unpaired) electrons. The maximum Gasteiger partial charge on any atom is 0.123 e. The molecule has 1 heterocycles. The van der Waals surface area contributed by atoms with Gasteiger partial charge in [0.2, 0.25) is 0 Å². The molecule has 1 aromatic rings. The van der Waals surface area contributed by atoms with Crippen molar-refractivity contribution in [2.75, 3.05) is 33.4 Å². The van der Waals surface area contributed by atoms with Gasteiger partial charge in [-0.25, -0.2) is 4.39 Å². The molecule has 0 spiro atoms. The van der Waals surface area contributed by atoms with Crippen molar-refractivity contribution in [1.82, 2.24) is 4.90 Å². The largest absolute Gasteiger partial charge is 0.383 e. The second-order valence-corrected chi connectivity index (χ2v) is 5.11. The van der Waals surface area contributed by atoms with Crippen LogP contribution in [0.25, 0.3) is 0 Å². The molecule has 1 aliphatic rings. The quantitative estimate of drug-likeness (QED) is 0.798. The van der Waals surface area contributed by atoms with Crippen LogP contribution < -0.4 is 0 Å². The highest BCUT2D eigenvalue weighted by Gasteiger charge is 2.19. The van der Waals surface area contributed by atoms with Gasteiger partial charge in [0.25, 0.3) is 0 Å². The molecule has 2 nitrogen and oxygen atoms in total. The van der Waals surface area contributed by atoms with Crippen molar-refractivity contribution in [2.24, 2.45) is 5.92 Å². The molecule has 0 saturated carbocycles. The maximum atomic E-state index is 13.1. The summed E-state index contributed by atoms with van der Waals surface area (Å²) in [4.78, 5) is 2.45. The van der Waals surface area contributed by atoms with E-state index in [1.807, 2.05) is 6.07 Å². The van der Waals surface area contributed by atoms with Crippen LogP contribution in [-0.4, -0.2) is 38.3 Å². The van der Waals surface area contributed by atoms with Gasteiger partial charge in [-0.2, -0.15) is 0 Å². The molecule has 0 amide bonds. The topological polar surface area (TPSA) is 12.5 Å². The zero-order valence-corrected chi connectivity index (χ0v) is 11.1. The summed E-state index contributed by atoms with van der Waals surface area (Å²) in [5, 5.41) is 0. The van der Waals surface area contributed by atoms with Crippen molar-refractivity contribution in [3.8, 4) is 0 Å². The number of methoxy groups -OCH3 is 1. The Hall–Kier alpha value is -0.930. The van der Waals surface area contributed by atoms with Crippen LogP contribution in [0.1, 0.15) is 18.4 Å². The minimum atomic E-state index is -0.120. The van der Waals surface area contributed by atoms with Crippen LogP contribution in [0.4, 0.5) is 4.39 Å². The van der Waals surface area contributed by atoms with Gasteiger partial charge in [0.1, 0.15) is 5.82 Å². The van der Waals surface area contributed by atoms with E-state index < -0.39 is 0 Å². The van der Waals surface area contributed by atoms with Crippen molar-refractivity contribution < 1.29 is 9.13 Å². The van der Waals surface area contributed by atoms with E-state index in [9.17, 15) is 4.39 Å². The van der Waals surface area contributed by atoms with Crippen LogP contribution in [0, 0.1) is 11.7 Å². The zero-order chi connectivity index (χ0) is 12.8. The summed E-state index contributed by atoms with van der Waals surface area (Å²) < 4.78 is 18.2. The standard InChI is InChI=1S/C15H22FNO/c1-18-10-9-17-7-5-13(6-8-17)11-14-3-2-4-15(16)12-14/h2-4,12-13H,5-11H2,1H3. The van der Waals surface area contributed by atoms with Crippen LogP contribution in [0.3, 0.4) is 0 Å². The van der Waals surface area contributed by atoms with E-state index >= 15 is 0 Å². The lowest BCUT2D eigenvalue weighted by Crippen LogP contribution is -2.36. The zero-order valence-electron chi connectivity index (χ0n) is 11.1. The number of piperidine rings is 1. The molecule has 1 saturated heterocycles. The lowest BCUT2D eigenvalue weighted by Gasteiger charge is -2.31. The first-order chi connectivity index (χ1) is 8.78. The van der Waals surface area contributed by atoms with E-state index in [1.165, 1.54) is 18.9 Å². The Morgan fingerprint density at radius 3 is 2.78 bits per heavy atom. The Morgan fingerprint density at radius 2 is 2.11 bits per heavy atom. The van der Waals surface area contributed by atoms with Gasteiger partial charge in [-0.3, -0.25) is 0 Å². The summed E-state index contributed by atoms with van der Waals surface area (Å²) in [6.07, 6.45) is 3.43. The van der Waals surface area contributed by atoms with E-state index in [0.29, 0.717) is 5.92 Å². The molecule has 0 aliphatic carbocycles. The fraction of sp³-hybridized carbons (Fsp3) is 0.600. The van der Waals surface area contributed by atoms with E-state index in [1.54, 1.807) is 19.2 Å². The number of hydrogen-bond donors (Lipinski definition) is 0. The van der Waals surface area contributed by atoms with Gasteiger partial charge in [0.15, 0.2) is 0 Å². The molecular weight excluding hydrogens is 229 g/mol. The minimum Gasteiger partial charge on any atom is -0.383 e. The molecule has 2 rings (SSSR count). The highest BCUT2D eigenvalue weighted by molar-refractivity contribution is 5.16. The average Bonchev–Trinajstić information content (AvgIpc) is 2.38. The first-order valence-corrected chi connectivity index (χ1v) is 6.73. The Labute approximate surface area is 109 Å². The summed E-state index contributed by atoms with van der Waals surface area (Å²) in [6, 6.07) is 7.01. The molecule has 18 heavy (non-hydrogen) atoms. The molecule has 1 aromatic carbocycles. The summed E-state index contributed by atoms with van der Waals surface area (Å²) >= 11 is 0. The normalized spacial score (nSPS) is 18.1. The molecule has 1 aliphatic heterocycles. The monoisotopic (exact) mass is 251 g/mol. The number of likely N-dealkylation sites (tertiary alicyclic amines) is 1. The molecule has 1 fully saturated rings. The van der Waals surface area contributed by atoms with E-state index in [0.717, 1.165) is 38.2 Å². The van der Waals surface area contributed by atoms with Crippen molar-refractivity contribution in [3.05, 3.63) is 35.6 Å². The fourth-order valence-electron chi connectivity index (χ4n) is 2.63. The summed E-state index contributed by atoms with van der Waals surface area (Å²) in [5.41, 5.74) is 1.13. The molecule has 100 valence electrons. The van der Waals surface area contributed by atoms with E-state index in [-0.39, 0.29) is 5.82 Å². The molecular formula is C15H22FNO. The van der Waals surface area contributed by atoms with Gasteiger partial charge in [-0.15, -0.1) is 0 Å². The lowest BCUT2D eigenvalue weighted by atomic mass is 9.90. The number of hydrogen-bond acceptors (Lipinski definition) is 2. The molecule has 3 heteroatoms. The van der Waals surface area contributed by atoms with E-state index in [2.05, 4.69) is 4.90 Å². The second-order valence-electron chi connectivity index (χ2n) is 5.11. The molecule has 0 aromatic heterocycles. The van der Waals surface area contributed by atoms with Gasteiger partial charge in [0, 0.05) is 13.7 Å². The number of benzene rings is 1. The highest BCUT2D eigenvalue weighted by atomic mass is 19.1. The molecule has 0 atom stereocenters.